The summed E-state index contributed by atoms with van der Waals surface area (Å²) in [4.78, 5) is 30.3. The summed E-state index contributed by atoms with van der Waals surface area (Å²) < 4.78 is 4.47. The molecule has 8 nitrogen and oxygen atoms in total. The third-order valence-corrected chi connectivity index (χ3v) is 4.51. The molecule has 0 spiro atoms. The van der Waals surface area contributed by atoms with Gasteiger partial charge >= 0.3 is 5.69 Å². The highest BCUT2D eigenvalue weighted by atomic mass is 16.2. The molecule has 2 aromatic rings. The van der Waals surface area contributed by atoms with Crippen LogP contribution in [0, 0.1) is 0 Å². The van der Waals surface area contributed by atoms with E-state index >= 15 is 0 Å². The fourth-order valence-corrected chi connectivity index (χ4v) is 3.15. The van der Waals surface area contributed by atoms with Crippen molar-refractivity contribution in [3.63, 3.8) is 0 Å². The smallest absolute Gasteiger partial charge is 0.294 e. The fourth-order valence-electron chi connectivity index (χ4n) is 3.15. The minimum Gasteiger partial charge on any atom is -0.294 e. The molecule has 1 aliphatic rings. The molecule has 0 amide bonds. The van der Waals surface area contributed by atoms with Crippen molar-refractivity contribution < 1.29 is 0 Å². The molecule has 0 fully saturated rings. The first-order valence-corrected chi connectivity index (χ1v) is 8.46. The van der Waals surface area contributed by atoms with Crippen molar-refractivity contribution in [3.8, 4) is 0 Å². The molecule has 0 saturated carbocycles. The first-order valence-electron chi connectivity index (χ1n) is 8.46. The highest BCUT2D eigenvalue weighted by Gasteiger charge is 2.30. The first kappa shape index (κ1) is 17.9. The summed E-state index contributed by atoms with van der Waals surface area (Å²) in [6.45, 7) is 16.0. The van der Waals surface area contributed by atoms with Crippen molar-refractivity contribution in [1.82, 2.24) is 18.7 Å². The largest absolute Gasteiger partial charge is 0.332 e. The Balaban J connectivity index is 2.40. The summed E-state index contributed by atoms with van der Waals surface area (Å²) in [5, 5.41) is 6.31. The van der Waals surface area contributed by atoms with Gasteiger partial charge in [-0.2, -0.15) is 10.1 Å². The van der Waals surface area contributed by atoms with Gasteiger partial charge in [0.2, 0.25) is 5.95 Å². The van der Waals surface area contributed by atoms with Gasteiger partial charge in [0.1, 0.15) is 0 Å². The van der Waals surface area contributed by atoms with Crippen LogP contribution in [0.4, 0.5) is 5.95 Å². The third kappa shape index (κ3) is 2.61. The number of aromatic nitrogens is 4. The second-order valence-corrected chi connectivity index (χ2v) is 7.08. The third-order valence-electron chi connectivity index (χ3n) is 4.51. The van der Waals surface area contributed by atoms with E-state index in [1.54, 1.807) is 19.0 Å². The van der Waals surface area contributed by atoms with Crippen LogP contribution in [0.2, 0.25) is 0 Å². The van der Waals surface area contributed by atoms with Gasteiger partial charge in [-0.25, -0.2) is 9.80 Å². The Morgan fingerprint density at radius 3 is 2.35 bits per heavy atom. The monoisotopic (exact) mass is 356 g/mol. The lowest BCUT2D eigenvalue weighted by Gasteiger charge is -2.29. The second kappa shape index (κ2) is 6.12. The fraction of sp³-hybridized carbons (Fsp3) is 0.444. The lowest BCUT2D eigenvalue weighted by molar-refractivity contribution is 0.630. The van der Waals surface area contributed by atoms with E-state index in [0.717, 1.165) is 16.9 Å². The number of allylic oxidation sites excluding steroid dienone is 1. The molecule has 2 aromatic heterocycles. The maximum absolute atomic E-state index is 13.1. The first-order chi connectivity index (χ1) is 12.1. The van der Waals surface area contributed by atoms with Gasteiger partial charge in [-0.3, -0.25) is 18.5 Å². The zero-order valence-corrected chi connectivity index (χ0v) is 15.9. The number of fused-ring (bicyclic) bond motifs is 3. The van der Waals surface area contributed by atoms with Gasteiger partial charge in [-0.05, 0) is 27.7 Å². The molecular weight excluding hydrogens is 332 g/mol. The highest BCUT2D eigenvalue weighted by molar-refractivity contribution is 5.91. The number of hydrogen-bond donors (Lipinski definition) is 0. The van der Waals surface area contributed by atoms with Crippen molar-refractivity contribution in [1.29, 1.82) is 0 Å². The van der Waals surface area contributed by atoms with E-state index in [0.29, 0.717) is 23.7 Å². The molecule has 0 saturated heterocycles. The van der Waals surface area contributed by atoms with E-state index in [4.69, 9.17) is 0 Å². The molecule has 3 rings (SSSR count). The molecule has 0 bridgehead atoms. The minimum atomic E-state index is -0.405. The van der Waals surface area contributed by atoms with E-state index in [1.807, 2.05) is 25.3 Å². The molecule has 3 heterocycles. The van der Waals surface area contributed by atoms with Crippen LogP contribution in [-0.4, -0.2) is 30.9 Å². The quantitative estimate of drug-likeness (QED) is 0.783. The average molecular weight is 356 g/mol. The van der Waals surface area contributed by atoms with E-state index in [9.17, 15) is 9.59 Å². The Morgan fingerprint density at radius 1 is 1.15 bits per heavy atom. The van der Waals surface area contributed by atoms with Crippen LogP contribution >= 0.6 is 0 Å². The van der Waals surface area contributed by atoms with Gasteiger partial charge in [0, 0.05) is 7.05 Å². The molecular formula is C18H24N6O2. The lowest BCUT2D eigenvalue weighted by Crippen LogP contribution is -2.40. The lowest BCUT2D eigenvalue weighted by atomic mass is 10.2. The number of hydrogen-bond acceptors (Lipinski definition) is 5. The molecule has 0 radical (unpaired) electrons. The van der Waals surface area contributed by atoms with Gasteiger partial charge < -0.3 is 0 Å². The van der Waals surface area contributed by atoms with Gasteiger partial charge in [0.05, 0.1) is 24.8 Å². The summed E-state index contributed by atoms with van der Waals surface area (Å²) in [7, 11) is 1.62. The SMILES string of the molecule is C=C(C)CN1N=C(C)C(C)n2c1nc1c2c(=O)n(CC(=C)C)c(=O)n1C. The van der Waals surface area contributed by atoms with Gasteiger partial charge in [0.25, 0.3) is 5.56 Å². The second-order valence-electron chi connectivity index (χ2n) is 7.08. The highest BCUT2D eigenvalue weighted by Crippen LogP contribution is 2.30. The number of hydrazone groups is 1. The molecule has 1 atom stereocenters. The summed E-state index contributed by atoms with van der Waals surface area (Å²) >= 11 is 0. The van der Waals surface area contributed by atoms with Crippen molar-refractivity contribution in [2.75, 3.05) is 11.6 Å². The zero-order chi connectivity index (χ0) is 19.3. The van der Waals surface area contributed by atoms with Crippen molar-refractivity contribution in [2.24, 2.45) is 12.1 Å². The van der Waals surface area contributed by atoms with E-state index in [-0.39, 0.29) is 18.1 Å². The molecule has 0 aliphatic carbocycles. The van der Waals surface area contributed by atoms with Crippen LogP contribution in [0.1, 0.15) is 33.7 Å². The number of imidazole rings is 1. The Bertz CT molecular complexity index is 1080. The number of anilines is 1. The van der Waals surface area contributed by atoms with Crippen LogP contribution in [0.25, 0.3) is 11.2 Å². The summed E-state index contributed by atoms with van der Waals surface area (Å²) in [5.74, 6) is 0.543. The van der Waals surface area contributed by atoms with Crippen LogP contribution in [0.15, 0.2) is 39.0 Å². The van der Waals surface area contributed by atoms with Crippen molar-refractivity contribution in [2.45, 2.75) is 40.3 Å². The molecule has 1 aliphatic heterocycles. The summed E-state index contributed by atoms with van der Waals surface area (Å²) in [5.41, 5.74) is 2.50. The molecule has 138 valence electrons. The number of rotatable bonds is 4. The molecule has 0 N–H and O–H groups in total. The topological polar surface area (TPSA) is 77.4 Å². The standard InChI is InChI=1S/C18H24N6O2/c1-10(2)8-22-16(25)14-15(21(7)18(22)26)19-17-23(9-11(3)4)20-12(5)13(6)24(14)17/h13H,1,3,8-9H2,2,4-7H3. The van der Waals surface area contributed by atoms with Crippen molar-refractivity contribution >= 4 is 22.8 Å². The Kier molecular flexibility index (Phi) is 4.21. The Labute approximate surface area is 151 Å². The van der Waals surface area contributed by atoms with Crippen molar-refractivity contribution in [3.05, 3.63) is 45.1 Å². The molecule has 26 heavy (non-hydrogen) atoms. The Morgan fingerprint density at radius 2 is 1.77 bits per heavy atom. The van der Waals surface area contributed by atoms with Crippen LogP contribution in [0.5, 0.6) is 0 Å². The summed E-state index contributed by atoms with van der Waals surface area (Å²) in [6, 6.07) is -0.139. The molecule has 0 aromatic carbocycles. The minimum absolute atomic E-state index is 0.139. The molecule has 8 heteroatoms. The van der Waals surface area contributed by atoms with Gasteiger partial charge in [-0.1, -0.05) is 24.3 Å². The van der Waals surface area contributed by atoms with E-state index < -0.39 is 5.69 Å². The maximum Gasteiger partial charge on any atom is 0.332 e. The van der Waals surface area contributed by atoms with E-state index in [2.05, 4.69) is 23.2 Å². The maximum atomic E-state index is 13.1. The average Bonchev–Trinajstić information content (AvgIpc) is 2.95. The van der Waals surface area contributed by atoms with Crippen LogP contribution in [-0.2, 0) is 13.6 Å². The zero-order valence-electron chi connectivity index (χ0n) is 15.9. The van der Waals surface area contributed by atoms with Crippen LogP contribution in [0.3, 0.4) is 0 Å². The van der Waals surface area contributed by atoms with Crippen LogP contribution < -0.4 is 16.3 Å². The Hall–Kier alpha value is -2.90. The molecule has 1 unspecified atom stereocenters. The number of aryl methyl sites for hydroxylation is 1. The summed E-state index contributed by atoms with van der Waals surface area (Å²) in [6.07, 6.45) is 0. The van der Waals surface area contributed by atoms with E-state index in [1.165, 1.54) is 9.13 Å². The normalized spacial score (nSPS) is 16.6. The predicted octanol–water partition coefficient (Wildman–Crippen LogP) is 1.81. The van der Waals surface area contributed by atoms with Gasteiger partial charge in [0.15, 0.2) is 11.2 Å². The van der Waals surface area contributed by atoms with Gasteiger partial charge in [-0.15, -0.1) is 0 Å². The predicted molar refractivity (Wildman–Crippen MR) is 104 cm³/mol. The number of nitrogens with zero attached hydrogens (tertiary/aromatic N) is 6.